The number of nitro groups is 1. The van der Waals surface area contributed by atoms with Crippen molar-refractivity contribution in [3.8, 4) is 0 Å². The summed E-state index contributed by atoms with van der Waals surface area (Å²) < 4.78 is 0.318. The van der Waals surface area contributed by atoms with Gasteiger partial charge in [0, 0.05) is 24.1 Å². The molecule has 17 heavy (non-hydrogen) atoms. The summed E-state index contributed by atoms with van der Waals surface area (Å²) in [7, 11) is 0. The summed E-state index contributed by atoms with van der Waals surface area (Å²) in [5, 5.41) is 28.7. The fraction of sp³-hybridized carbons (Fsp3) is 0.889. The predicted molar refractivity (Wildman–Crippen MR) is 67.6 cm³/mol. The molecule has 0 saturated carbocycles. The van der Waals surface area contributed by atoms with E-state index < -0.39 is 12.2 Å². The SMILES string of the molecule is CC(C)NC1C([N+](=O)[O-])C(Br)=NN1CCCO. The van der Waals surface area contributed by atoms with Crippen LogP contribution < -0.4 is 5.32 Å². The molecule has 0 bridgehead atoms. The third-order valence-electron chi connectivity index (χ3n) is 2.36. The molecule has 2 atom stereocenters. The fourth-order valence-electron chi connectivity index (χ4n) is 1.68. The Labute approximate surface area is 108 Å². The van der Waals surface area contributed by atoms with Gasteiger partial charge in [-0.2, -0.15) is 5.10 Å². The van der Waals surface area contributed by atoms with E-state index >= 15 is 0 Å². The van der Waals surface area contributed by atoms with Gasteiger partial charge in [0.1, 0.15) is 0 Å². The van der Waals surface area contributed by atoms with E-state index in [1.54, 1.807) is 5.01 Å². The lowest BCUT2D eigenvalue weighted by atomic mass is 10.2. The Morgan fingerprint density at radius 2 is 2.35 bits per heavy atom. The van der Waals surface area contributed by atoms with Gasteiger partial charge in [-0.1, -0.05) is 0 Å². The van der Waals surface area contributed by atoms with Crippen LogP contribution in [0.1, 0.15) is 20.3 Å². The Morgan fingerprint density at radius 1 is 1.71 bits per heavy atom. The highest BCUT2D eigenvalue weighted by Crippen LogP contribution is 2.20. The molecule has 0 aliphatic carbocycles. The van der Waals surface area contributed by atoms with Crippen LogP contribution in [0.5, 0.6) is 0 Å². The molecule has 0 radical (unpaired) electrons. The number of hydrogen-bond acceptors (Lipinski definition) is 6. The third-order valence-corrected chi connectivity index (χ3v) is 2.99. The molecule has 8 heteroatoms. The van der Waals surface area contributed by atoms with Gasteiger partial charge in [-0.15, -0.1) is 0 Å². The van der Waals surface area contributed by atoms with E-state index in [0.717, 1.165) is 0 Å². The quantitative estimate of drug-likeness (QED) is 0.546. The molecule has 0 aromatic carbocycles. The zero-order chi connectivity index (χ0) is 13.0. The molecule has 0 aromatic heterocycles. The van der Waals surface area contributed by atoms with Crippen LogP contribution in [-0.4, -0.2) is 51.1 Å². The summed E-state index contributed by atoms with van der Waals surface area (Å²) in [6.45, 7) is 4.38. The summed E-state index contributed by atoms with van der Waals surface area (Å²) in [5.41, 5.74) is 0. The van der Waals surface area contributed by atoms with Gasteiger partial charge >= 0.3 is 0 Å². The second kappa shape index (κ2) is 6.27. The van der Waals surface area contributed by atoms with Crippen LogP contribution in [-0.2, 0) is 0 Å². The number of hydrazone groups is 1. The van der Waals surface area contributed by atoms with Crippen molar-refractivity contribution in [3.05, 3.63) is 10.1 Å². The first-order valence-corrected chi connectivity index (χ1v) is 6.27. The van der Waals surface area contributed by atoms with Crippen molar-refractivity contribution >= 4 is 20.6 Å². The van der Waals surface area contributed by atoms with Crippen molar-refractivity contribution in [1.29, 1.82) is 0 Å². The maximum atomic E-state index is 11.0. The number of halogens is 1. The highest BCUT2D eigenvalue weighted by atomic mass is 79.9. The van der Waals surface area contributed by atoms with E-state index in [9.17, 15) is 10.1 Å². The lowest BCUT2D eigenvalue weighted by Gasteiger charge is -2.26. The Hall–Kier alpha value is -0.730. The Bertz CT molecular complexity index is 311. The molecule has 98 valence electrons. The molecule has 1 aliphatic heterocycles. The number of aliphatic hydroxyl groups is 1. The summed E-state index contributed by atoms with van der Waals surface area (Å²) in [5.74, 6) is 0. The van der Waals surface area contributed by atoms with E-state index in [1.807, 2.05) is 13.8 Å². The first-order valence-electron chi connectivity index (χ1n) is 5.48. The lowest BCUT2D eigenvalue weighted by molar-refractivity contribution is -0.508. The Kier molecular flexibility index (Phi) is 5.29. The summed E-state index contributed by atoms with van der Waals surface area (Å²) in [6.07, 6.45) is 0.0655. The average molecular weight is 309 g/mol. The predicted octanol–water partition coefficient (Wildman–Crippen LogP) is 0.362. The maximum absolute atomic E-state index is 11.0. The van der Waals surface area contributed by atoms with E-state index in [-0.39, 0.29) is 17.6 Å². The minimum absolute atomic E-state index is 0.0428. The van der Waals surface area contributed by atoms with Gasteiger partial charge in [0.2, 0.25) is 0 Å². The van der Waals surface area contributed by atoms with Gasteiger partial charge < -0.3 is 5.11 Å². The van der Waals surface area contributed by atoms with Crippen LogP contribution in [0.4, 0.5) is 0 Å². The largest absolute Gasteiger partial charge is 0.396 e. The zero-order valence-corrected chi connectivity index (χ0v) is 11.4. The summed E-state index contributed by atoms with van der Waals surface area (Å²) in [4.78, 5) is 10.6. The van der Waals surface area contributed by atoms with Crippen LogP contribution in [0.25, 0.3) is 0 Å². The number of aliphatic hydroxyl groups excluding tert-OH is 1. The van der Waals surface area contributed by atoms with Crippen LogP contribution in [0.2, 0.25) is 0 Å². The van der Waals surface area contributed by atoms with Crippen molar-refractivity contribution in [3.63, 3.8) is 0 Å². The molecule has 1 rings (SSSR count). The number of hydrogen-bond donors (Lipinski definition) is 2. The van der Waals surface area contributed by atoms with Crippen molar-refractivity contribution in [2.45, 2.75) is 38.5 Å². The van der Waals surface area contributed by atoms with Crippen LogP contribution in [0.15, 0.2) is 5.10 Å². The minimum atomic E-state index is -0.893. The van der Waals surface area contributed by atoms with Gasteiger partial charge in [0.05, 0.1) is 0 Å². The van der Waals surface area contributed by atoms with E-state index in [2.05, 4.69) is 26.3 Å². The van der Waals surface area contributed by atoms with Crippen molar-refractivity contribution in [2.24, 2.45) is 5.10 Å². The standard InChI is InChI=1S/C9H17BrN4O3/c1-6(2)11-9-7(14(16)17)8(10)12-13(9)4-3-5-15/h6-7,9,11,15H,3-5H2,1-2H3. The third kappa shape index (κ3) is 3.62. The van der Waals surface area contributed by atoms with E-state index in [1.165, 1.54) is 0 Å². The Balaban J connectivity index is 2.78. The number of nitrogens with one attached hydrogen (secondary N) is 1. The van der Waals surface area contributed by atoms with Gasteiger partial charge in [-0.25, -0.2) is 0 Å². The molecule has 0 fully saturated rings. The van der Waals surface area contributed by atoms with Crippen LogP contribution in [0.3, 0.4) is 0 Å². The molecular formula is C9H17BrN4O3. The summed E-state index contributed by atoms with van der Waals surface area (Å²) in [6, 6.07) is -0.774. The molecule has 1 heterocycles. The normalized spacial score (nSPS) is 24.3. The minimum Gasteiger partial charge on any atom is -0.396 e. The fourth-order valence-corrected chi connectivity index (χ4v) is 2.30. The lowest BCUT2D eigenvalue weighted by Crippen LogP contribution is -2.53. The summed E-state index contributed by atoms with van der Waals surface area (Å²) >= 11 is 3.13. The first-order chi connectivity index (χ1) is 7.97. The second-order valence-corrected chi connectivity index (χ2v) is 4.97. The van der Waals surface area contributed by atoms with Crippen molar-refractivity contribution in [2.75, 3.05) is 13.2 Å². The number of nitrogens with zero attached hydrogens (tertiary/aromatic N) is 3. The smallest absolute Gasteiger partial charge is 0.297 e. The van der Waals surface area contributed by atoms with E-state index in [0.29, 0.717) is 17.6 Å². The highest BCUT2D eigenvalue weighted by Gasteiger charge is 2.44. The molecular weight excluding hydrogens is 292 g/mol. The van der Waals surface area contributed by atoms with E-state index in [4.69, 9.17) is 5.11 Å². The molecule has 7 nitrogen and oxygen atoms in total. The number of rotatable bonds is 6. The van der Waals surface area contributed by atoms with Crippen LogP contribution >= 0.6 is 15.9 Å². The van der Waals surface area contributed by atoms with Gasteiger partial charge in [0.15, 0.2) is 10.8 Å². The molecule has 0 saturated heterocycles. The molecule has 0 amide bonds. The maximum Gasteiger partial charge on any atom is 0.297 e. The molecule has 0 aromatic rings. The molecule has 2 unspecified atom stereocenters. The van der Waals surface area contributed by atoms with Crippen LogP contribution in [0, 0.1) is 10.1 Å². The van der Waals surface area contributed by atoms with Crippen molar-refractivity contribution < 1.29 is 10.0 Å². The van der Waals surface area contributed by atoms with Gasteiger partial charge in [-0.05, 0) is 36.2 Å². The monoisotopic (exact) mass is 308 g/mol. The molecule has 1 aliphatic rings. The van der Waals surface area contributed by atoms with Gasteiger partial charge in [0.25, 0.3) is 6.04 Å². The molecule has 2 N–H and O–H groups in total. The highest BCUT2D eigenvalue weighted by molar-refractivity contribution is 9.18. The first kappa shape index (κ1) is 14.3. The Morgan fingerprint density at radius 3 is 2.82 bits per heavy atom. The van der Waals surface area contributed by atoms with Gasteiger partial charge in [-0.3, -0.25) is 20.4 Å². The average Bonchev–Trinajstić information content (AvgIpc) is 2.51. The topological polar surface area (TPSA) is 91.0 Å². The van der Waals surface area contributed by atoms with Crippen molar-refractivity contribution in [1.82, 2.24) is 10.3 Å². The second-order valence-electron chi connectivity index (χ2n) is 4.16. The molecule has 0 spiro atoms. The zero-order valence-electron chi connectivity index (χ0n) is 9.84.